The molecule has 0 unspecified atom stereocenters. The van der Waals surface area contributed by atoms with Gasteiger partial charge in [0.15, 0.2) is 0 Å². The van der Waals surface area contributed by atoms with E-state index in [0.717, 1.165) is 12.0 Å². The van der Waals surface area contributed by atoms with Crippen LogP contribution in [0.25, 0.3) is 0 Å². The highest BCUT2D eigenvalue weighted by atomic mass is 14.9. The Morgan fingerprint density at radius 1 is 0.812 bits per heavy atom. The van der Waals surface area contributed by atoms with Crippen LogP contribution in [-0.2, 0) is 0 Å². The number of hydrogen-bond donors (Lipinski definition) is 1. The molecule has 0 amide bonds. The highest BCUT2D eigenvalue weighted by Crippen LogP contribution is 2.33. The summed E-state index contributed by atoms with van der Waals surface area (Å²) in [5, 5.41) is 3.55. The van der Waals surface area contributed by atoms with Crippen LogP contribution in [0.5, 0.6) is 0 Å². The molecule has 2 aliphatic rings. The molecule has 2 aliphatic carbocycles. The van der Waals surface area contributed by atoms with Crippen molar-refractivity contribution in [3.05, 3.63) is 29.8 Å². The van der Waals surface area contributed by atoms with E-state index >= 15 is 0 Å². The van der Waals surface area contributed by atoms with Crippen molar-refractivity contribution in [1.29, 1.82) is 0 Å². The van der Waals surface area contributed by atoms with E-state index in [9.17, 15) is 0 Å². The second kappa shape index (κ2) is 4.48. The lowest BCUT2D eigenvalue weighted by molar-refractivity contribution is 0.443. The molecule has 0 atom stereocenters. The molecule has 1 heteroatoms. The predicted molar refractivity (Wildman–Crippen MR) is 68.9 cm³/mol. The minimum atomic E-state index is 0.764. The van der Waals surface area contributed by atoms with Gasteiger partial charge in [-0.25, -0.2) is 0 Å². The highest BCUT2D eigenvalue weighted by Gasteiger charge is 2.21. The van der Waals surface area contributed by atoms with Crippen LogP contribution < -0.4 is 5.32 Å². The molecule has 2 fully saturated rings. The van der Waals surface area contributed by atoms with Gasteiger partial charge in [0, 0.05) is 11.7 Å². The molecule has 0 bridgehead atoms. The molecule has 1 aromatic carbocycles. The standard InChI is InChI=1S/C15H21N/c1-2-4-12(5-3-1)13-6-8-14(9-7-13)16-15-10-11-15/h6-9,12,15-16H,1-5,10-11H2. The van der Waals surface area contributed by atoms with Gasteiger partial charge in [0.25, 0.3) is 0 Å². The van der Waals surface area contributed by atoms with Gasteiger partial charge in [0.2, 0.25) is 0 Å². The van der Waals surface area contributed by atoms with Crippen LogP contribution in [0, 0.1) is 0 Å². The Labute approximate surface area is 98.3 Å². The Kier molecular flexibility index (Phi) is 2.86. The fourth-order valence-corrected chi connectivity index (χ4v) is 2.75. The largest absolute Gasteiger partial charge is 0.382 e. The van der Waals surface area contributed by atoms with Crippen molar-refractivity contribution in [3.8, 4) is 0 Å². The summed E-state index contributed by atoms with van der Waals surface area (Å²) < 4.78 is 0. The van der Waals surface area contributed by atoms with Gasteiger partial charge in [-0.2, -0.15) is 0 Å². The zero-order chi connectivity index (χ0) is 10.8. The lowest BCUT2D eigenvalue weighted by Crippen LogP contribution is -2.05. The van der Waals surface area contributed by atoms with Crippen LogP contribution in [0.2, 0.25) is 0 Å². The van der Waals surface area contributed by atoms with Gasteiger partial charge in [0.05, 0.1) is 0 Å². The summed E-state index contributed by atoms with van der Waals surface area (Å²) >= 11 is 0. The smallest absolute Gasteiger partial charge is 0.0342 e. The molecular weight excluding hydrogens is 194 g/mol. The fourth-order valence-electron chi connectivity index (χ4n) is 2.75. The topological polar surface area (TPSA) is 12.0 Å². The number of anilines is 1. The minimum Gasteiger partial charge on any atom is -0.382 e. The summed E-state index contributed by atoms with van der Waals surface area (Å²) in [5.41, 5.74) is 2.86. The monoisotopic (exact) mass is 215 g/mol. The molecule has 0 radical (unpaired) electrons. The summed E-state index contributed by atoms with van der Waals surface area (Å²) in [7, 11) is 0. The Bertz CT molecular complexity index is 331. The van der Waals surface area contributed by atoms with Crippen molar-refractivity contribution in [2.75, 3.05) is 5.32 Å². The number of rotatable bonds is 3. The summed E-state index contributed by atoms with van der Waals surface area (Å²) in [6.07, 6.45) is 9.79. The first-order valence-electron chi connectivity index (χ1n) is 6.78. The first-order valence-corrected chi connectivity index (χ1v) is 6.78. The summed E-state index contributed by atoms with van der Waals surface area (Å²) in [4.78, 5) is 0. The van der Waals surface area contributed by atoms with E-state index in [-0.39, 0.29) is 0 Å². The van der Waals surface area contributed by atoms with Gasteiger partial charge in [-0.05, 0) is 49.3 Å². The zero-order valence-electron chi connectivity index (χ0n) is 9.91. The summed E-state index contributed by atoms with van der Waals surface area (Å²) in [6.45, 7) is 0. The molecule has 1 nitrogen and oxygen atoms in total. The van der Waals surface area contributed by atoms with Crippen molar-refractivity contribution in [2.24, 2.45) is 0 Å². The highest BCUT2D eigenvalue weighted by molar-refractivity contribution is 5.47. The second-order valence-corrected chi connectivity index (χ2v) is 5.38. The molecule has 3 rings (SSSR count). The van der Waals surface area contributed by atoms with Gasteiger partial charge >= 0.3 is 0 Å². The van der Waals surface area contributed by atoms with E-state index in [4.69, 9.17) is 0 Å². The summed E-state index contributed by atoms with van der Waals surface area (Å²) in [5.74, 6) is 0.837. The first kappa shape index (κ1) is 10.2. The third-order valence-electron chi connectivity index (χ3n) is 3.94. The number of nitrogens with one attached hydrogen (secondary N) is 1. The summed E-state index contributed by atoms with van der Waals surface area (Å²) in [6, 6.07) is 9.96. The molecule has 0 heterocycles. The van der Waals surface area contributed by atoms with Gasteiger partial charge in [-0.15, -0.1) is 0 Å². The molecule has 0 spiro atoms. The van der Waals surface area contributed by atoms with Gasteiger partial charge in [-0.1, -0.05) is 31.4 Å². The van der Waals surface area contributed by atoms with Crippen molar-refractivity contribution >= 4 is 5.69 Å². The van der Waals surface area contributed by atoms with Crippen LogP contribution in [-0.4, -0.2) is 6.04 Å². The second-order valence-electron chi connectivity index (χ2n) is 5.38. The van der Waals surface area contributed by atoms with Crippen LogP contribution in [0.3, 0.4) is 0 Å². The molecule has 16 heavy (non-hydrogen) atoms. The van der Waals surface area contributed by atoms with E-state index in [2.05, 4.69) is 29.6 Å². The van der Waals surface area contributed by atoms with Crippen molar-refractivity contribution in [3.63, 3.8) is 0 Å². The predicted octanol–water partition coefficient (Wildman–Crippen LogP) is 4.31. The van der Waals surface area contributed by atoms with Crippen LogP contribution >= 0.6 is 0 Å². The van der Waals surface area contributed by atoms with Gasteiger partial charge in [0.1, 0.15) is 0 Å². The van der Waals surface area contributed by atoms with Crippen molar-refractivity contribution in [2.45, 2.75) is 56.9 Å². The maximum absolute atomic E-state index is 3.55. The Balaban J connectivity index is 1.65. The molecule has 86 valence electrons. The maximum Gasteiger partial charge on any atom is 0.0342 e. The molecule has 2 saturated carbocycles. The lowest BCUT2D eigenvalue weighted by Gasteiger charge is -2.22. The molecule has 0 aliphatic heterocycles. The molecule has 0 aromatic heterocycles. The van der Waals surface area contributed by atoms with E-state index < -0.39 is 0 Å². The third-order valence-corrected chi connectivity index (χ3v) is 3.94. The fraction of sp³-hybridized carbons (Fsp3) is 0.600. The quantitative estimate of drug-likeness (QED) is 0.792. The molecule has 1 aromatic rings. The molecule has 1 N–H and O–H groups in total. The van der Waals surface area contributed by atoms with Crippen LogP contribution in [0.15, 0.2) is 24.3 Å². The SMILES string of the molecule is c1cc(C2CCCCC2)ccc1NC1CC1. The van der Waals surface area contributed by atoms with E-state index in [1.807, 2.05) is 0 Å². The number of hydrogen-bond acceptors (Lipinski definition) is 1. The van der Waals surface area contributed by atoms with Gasteiger partial charge in [-0.3, -0.25) is 0 Å². The average Bonchev–Trinajstić information content (AvgIpc) is 3.15. The Morgan fingerprint density at radius 3 is 2.12 bits per heavy atom. The Hall–Kier alpha value is -0.980. The van der Waals surface area contributed by atoms with Crippen LogP contribution in [0.1, 0.15) is 56.4 Å². The van der Waals surface area contributed by atoms with Crippen LogP contribution in [0.4, 0.5) is 5.69 Å². The Morgan fingerprint density at radius 2 is 1.50 bits per heavy atom. The van der Waals surface area contributed by atoms with E-state index in [0.29, 0.717) is 0 Å². The molecular formula is C15H21N. The average molecular weight is 215 g/mol. The van der Waals surface area contributed by atoms with Gasteiger partial charge < -0.3 is 5.32 Å². The van der Waals surface area contributed by atoms with E-state index in [1.165, 1.54) is 50.6 Å². The van der Waals surface area contributed by atoms with Crippen molar-refractivity contribution in [1.82, 2.24) is 0 Å². The lowest BCUT2D eigenvalue weighted by atomic mass is 9.84. The first-order chi connectivity index (χ1) is 7.92. The minimum absolute atomic E-state index is 0.764. The maximum atomic E-state index is 3.55. The normalized spacial score (nSPS) is 22.0. The van der Waals surface area contributed by atoms with Crippen molar-refractivity contribution < 1.29 is 0 Å². The zero-order valence-corrected chi connectivity index (χ0v) is 9.91. The third kappa shape index (κ3) is 2.40. The number of benzene rings is 1. The molecule has 0 saturated heterocycles. The van der Waals surface area contributed by atoms with E-state index in [1.54, 1.807) is 5.56 Å².